The van der Waals surface area contributed by atoms with E-state index in [9.17, 15) is 8.42 Å². The molecule has 0 aliphatic rings. The Kier molecular flexibility index (Phi) is 5.11. The highest BCUT2D eigenvalue weighted by Gasteiger charge is 2.14. The smallest absolute Gasteiger partial charge is 0.240 e. The molecule has 1 aromatic heterocycles. The summed E-state index contributed by atoms with van der Waals surface area (Å²) in [5.74, 6) is 0.849. The number of hydrogen-bond acceptors (Lipinski definition) is 4. The molecule has 0 unspecified atom stereocenters. The van der Waals surface area contributed by atoms with Gasteiger partial charge in [-0.2, -0.15) is 0 Å². The Hall–Kier alpha value is -1.70. The monoisotopic (exact) mass is 308 g/mol. The summed E-state index contributed by atoms with van der Waals surface area (Å²) in [7, 11) is 0.231. The van der Waals surface area contributed by atoms with Crippen LogP contribution in [0.15, 0.2) is 41.6 Å². The van der Waals surface area contributed by atoms with E-state index in [0.29, 0.717) is 19.5 Å². The molecule has 6 nitrogen and oxygen atoms in total. The van der Waals surface area contributed by atoms with Gasteiger partial charge in [-0.25, -0.2) is 18.1 Å². The zero-order valence-electron chi connectivity index (χ0n) is 12.2. The summed E-state index contributed by atoms with van der Waals surface area (Å²) in [6.07, 6.45) is 4.09. The standard InChI is InChI=1S/C14H20N4O2S/c1-15-11-12-4-3-5-13(10-12)21(19,20)17-7-6-14-16-8-9-18(14)2/h3-5,8-10,15,17H,6-7,11H2,1-2H3. The second-order valence-electron chi connectivity index (χ2n) is 4.78. The molecule has 0 spiro atoms. The van der Waals surface area contributed by atoms with E-state index >= 15 is 0 Å². The maximum atomic E-state index is 12.2. The van der Waals surface area contributed by atoms with Crippen LogP contribution in [0.25, 0.3) is 0 Å². The molecular formula is C14H20N4O2S. The van der Waals surface area contributed by atoms with Crippen LogP contribution in [0.4, 0.5) is 0 Å². The number of aryl methyl sites for hydroxylation is 1. The molecular weight excluding hydrogens is 288 g/mol. The molecule has 1 heterocycles. The lowest BCUT2D eigenvalue weighted by atomic mass is 10.2. The molecule has 2 aromatic rings. The second-order valence-corrected chi connectivity index (χ2v) is 6.55. The molecule has 0 bridgehead atoms. The number of benzene rings is 1. The number of rotatable bonds is 7. The van der Waals surface area contributed by atoms with Gasteiger partial charge in [-0.1, -0.05) is 12.1 Å². The number of imidazole rings is 1. The molecule has 0 radical (unpaired) electrons. The first kappa shape index (κ1) is 15.7. The molecule has 0 fully saturated rings. The molecule has 0 aliphatic carbocycles. The van der Waals surface area contributed by atoms with Gasteiger partial charge in [0, 0.05) is 39.0 Å². The van der Waals surface area contributed by atoms with Gasteiger partial charge in [-0.15, -0.1) is 0 Å². The summed E-state index contributed by atoms with van der Waals surface area (Å²) in [6.45, 7) is 0.958. The van der Waals surface area contributed by atoms with Crippen LogP contribution in [-0.4, -0.2) is 31.6 Å². The number of aromatic nitrogens is 2. The lowest BCUT2D eigenvalue weighted by molar-refractivity contribution is 0.580. The first-order chi connectivity index (χ1) is 10.0. The first-order valence-electron chi connectivity index (χ1n) is 6.72. The van der Waals surface area contributed by atoms with Gasteiger partial charge < -0.3 is 9.88 Å². The lowest BCUT2D eigenvalue weighted by Crippen LogP contribution is -2.26. The predicted octanol–water partition coefficient (Wildman–Crippen LogP) is 0.660. The maximum Gasteiger partial charge on any atom is 0.240 e. The average molecular weight is 308 g/mol. The summed E-state index contributed by atoms with van der Waals surface area (Å²) in [5, 5.41) is 3.00. The molecule has 0 saturated heterocycles. The Bertz CT molecular complexity index is 695. The third kappa shape index (κ3) is 4.13. The van der Waals surface area contributed by atoms with Crippen molar-refractivity contribution >= 4 is 10.0 Å². The molecule has 2 rings (SSSR count). The fourth-order valence-corrected chi connectivity index (χ4v) is 3.15. The maximum absolute atomic E-state index is 12.2. The third-order valence-electron chi connectivity index (χ3n) is 3.15. The highest BCUT2D eigenvalue weighted by molar-refractivity contribution is 7.89. The van der Waals surface area contributed by atoms with Crippen molar-refractivity contribution in [3.05, 3.63) is 48.0 Å². The Balaban J connectivity index is 2.01. The Morgan fingerprint density at radius 2 is 2.14 bits per heavy atom. The number of nitrogens with one attached hydrogen (secondary N) is 2. The van der Waals surface area contributed by atoms with E-state index < -0.39 is 10.0 Å². The average Bonchev–Trinajstić information content (AvgIpc) is 2.85. The zero-order chi connectivity index (χ0) is 15.3. The van der Waals surface area contributed by atoms with Crippen molar-refractivity contribution in [1.82, 2.24) is 19.6 Å². The van der Waals surface area contributed by atoms with Gasteiger partial charge in [0.15, 0.2) is 0 Å². The Morgan fingerprint density at radius 1 is 1.33 bits per heavy atom. The summed E-state index contributed by atoms with van der Waals surface area (Å²) in [5.41, 5.74) is 0.935. The van der Waals surface area contributed by atoms with Gasteiger partial charge in [0.2, 0.25) is 10.0 Å². The van der Waals surface area contributed by atoms with Gasteiger partial charge in [-0.05, 0) is 24.7 Å². The van der Waals surface area contributed by atoms with Crippen molar-refractivity contribution in [2.45, 2.75) is 17.9 Å². The fourth-order valence-electron chi connectivity index (χ4n) is 2.04. The van der Waals surface area contributed by atoms with E-state index in [1.165, 1.54) is 0 Å². The van der Waals surface area contributed by atoms with Gasteiger partial charge in [0.05, 0.1) is 4.90 Å². The highest BCUT2D eigenvalue weighted by atomic mass is 32.2. The summed E-state index contributed by atoms with van der Waals surface area (Å²) in [4.78, 5) is 4.45. The van der Waals surface area contributed by atoms with E-state index in [4.69, 9.17) is 0 Å². The number of nitrogens with zero attached hydrogens (tertiary/aromatic N) is 2. The van der Waals surface area contributed by atoms with Crippen LogP contribution in [0, 0.1) is 0 Å². The van der Waals surface area contributed by atoms with Crippen molar-refractivity contribution in [3.63, 3.8) is 0 Å². The zero-order valence-corrected chi connectivity index (χ0v) is 13.0. The normalized spacial score (nSPS) is 11.7. The van der Waals surface area contributed by atoms with Gasteiger partial charge in [-0.3, -0.25) is 0 Å². The molecule has 7 heteroatoms. The third-order valence-corrected chi connectivity index (χ3v) is 4.61. The van der Waals surface area contributed by atoms with E-state index in [1.807, 2.05) is 30.9 Å². The molecule has 114 valence electrons. The first-order valence-corrected chi connectivity index (χ1v) is 8.20. The van der Waals surface area contributed by atoms with Crippen molar-refractivity contribution in [2.24, 2.45) is 7.05 Å². The number of hydrogen-bond donors (Lipinski definition) is 2. The predicted molar refractivity (Wildman–Crippen MR) is 81.3 cm³/mol. The summed E-state index contributed by atoms with van der Waals surface area (Å²) < 4.78 is 29.0. The van der Waals surface area contributed by atoms with Crippen LogP contribution in [0.5, 0.6) is 0 Å². The van der Waals surface area contributed by atoms with Crippen LogP contribution < -0.4 is 10.0 Å². The molecule has 0 atom stereocenters. The molecule has 0 amide bonds. The second kappa shape index (κ2) is 6.84. The minimum atomic E-state index is -3.48. The quantitative estimate of drug-likeness (QED) is 0.788. The minimum Gasteiger partial charge on any atom is -0.338 e. The molecule has 2 N–H and O–H groups in total. The van der Waals surface area contributed by atoms with Crippen LogP contribution in [-0.2, 0) is 30.0 Å². The van der Waals surface area contributed by atoms with Crippen LogP contribution in [0.2, 0.25) is 0 Å². The number of sulfonamides is 1. The minimum absolute atomic E-state index is 0.287. The summed E-state index contributed by atoms with van der Waals surface area (Å²) in [6, 6.07) is 6.92. The van der Waals surface area contributed by atoms with Crippen molar-refractivity contribution in [2.75, 3.05) is 13.6 Å². The van der Waals surface area contributed by atoms with Crippen LogP contribution >= 0.6 is 0 Å². The molecule has 1 aromatic carbocycles. The van der Waals surface area contributed by atoms with E-state index in [-0.39, 0.29) is 4.90 Å². The molecule has 21 heavy (non-hydrogen) atoms. The SMILES string of the molecule is CNCc1cccc(S(=O)(=O)NCCc2nccn2C)c1. The van der Waals surface area contributed by atoms with E-state index in [2.05, 4.69) is 15.0 Å². The lowest BCUT2D eigenvalue weighted by Gasteiger charge is -2.08. The van der Waals surface area contributed by atoms with Gasteiger partial charge >= 0.3 is 0 Å². The van der Waals surface area contributed by atoms with Gasteiger partial charge in [0.25, 0.3) is 0 Å². The van der Waals surface area contributed by atoms with E-state index in [0.717, 1.165) is 11.4 Å². The van der Waals surface area contributed by atoms with Crippen LogP contribution in [0.3, 0.4) is 0 Å². The Morgan fingerprint density at radius 3 is 2.81 bits per heavy atom. The highest BCUT2D eigenvalue weighted by Crippen LogP contribution is 2.11. The van der Waals surface area contributed by atoms with Gasteiger partial charge in [0.1, 0.15) is 5.82 Å². The molecule has 0 aliphatic heterocycles. The van der Waals surface area contributed by atoms with Crippen molar-refractivity contribution < 1.29 is 8.42 Å². The summed E-state index contributed by atoms with van der Waals surface area (Å²) >= 11 is 0. The van der Waals surface area contributed by atoms with Crippen molar-refractivity contribution in [1.29, 1.82) is 0 Å². The van der Waals surface area contributed by atoms with Crippen molar-refractivity contribution in [3.8, 4) is 0 Å². The fraction of sp³-hybridized carbons (Fsp3) is 0.357. The van der Waals surface area contributed by atoms with E-state index in [1.54, 1.807) is 24.4 Å². The largest absolute Gasteiger partial charge is 0.338 e. The Labute approximate surface area is 125 Å². The molecule has 0 saturated carbocycles. The van der Waals surface area contributed by atoms with Crippen LogP contribution in [0.1, 0.15) is 11.4 Å². The topological polar surface area (TPSA) is 76.0 Å².